The number of fused-ring (bicyclic) bond motifs is 1. The molecule has 0 fully saturated rings. The highest BCUT2D eigenvalue weighted by Crippen LogP contribution is 2.16. The zero-order chi connectivity index (χ0) is 6.10. The van der Waals surface area contributed by atoms with Crippen LogP contribution in [0.25, 0.3) is 10.2 Å². The van der Waals surface area contributed by atoms with Gasteiger partial charge in [-0.25, -0.2) is 0 Å². The topological polar surface area (TPSA) is 12.9 Å². The maximum absolute atomic E-state index is 4.10. The van der Waals surface area contributed by atoms with Crippen LogP contribution in [0.2, 0.25) is 0 Å². The smallest absolute Gasteiger partial charge is 0.0810 e. The zero-order valence-corrected chi connectivity index (χ0v) is 5.48. The van der Waals surface area contributed by atoms with E-state index in [2.05, 4.69) is 11.1 Å². The first kappa shape index (κ1) is 4.94. The molecule has 1 radical (unpaired) electrons. The van der Waals surface area contributed by atoms with Gasteiger partial charge in [0.05, 0.1) is 10.2 Å². The Labute approximate surface area is 57.0 Å². The van der Waals surface area contributed by atoms with E-state index in [0.717, 1.165) is 5.52 Å². The van der Waals surface area contributed by atoms with Crippen LogP contribution in [0, 0.1) is 6.07 Å². The van der Waals surface area contributed by atoms with Crippen molar-refractivity contribution >= 4 is 21.6 Å². The Balaban J connectivity index is 2.95. The fourth-order valence-electron chi connectivity index (χ4n) is 0.749. The standard InChI is InChI=1S/C7H4NS/c1-2-7-6(8-4-1)3-5-9-7/h2-5H. The molecular weight excluding hydrogens is 130 g/mol. The number of nitrogens with zero attached hydrogens (tertiary/aromatic N) is 1. The van der Waals surface area contributed by atoms with Crippen LogP contribution in [-0.4, -0.2) is 4.98 Å². The first-order chi connectivity index (χ1) is 4.47. The molecule has 0 N–H and O–H groups in total. The van der Waals surface area contributed by atoms with Gasteiger partial charge >= 0.3 is 0 Å². The molecule has 43 valence electrons. The Hall–Kier alpha value is -0.890. The lowest BCUT2D eigenvalue weighted by Crippen LogP contribution is -1.66. The molecule has 0 aromatic carbocycles. The molecule has 9 heavy (non-hydrogen) atoms. The lowest BCUT2D eigenvalue weighted by Gasteiger charge is -1.81. The van der Waals surface area contributed by atoms with Gasteiger partial charge in [0.25, 0.3) is 0 Å². The van der Waals surface area contributed by atoms with Gasteiger partial charge in [-0.3, -0.25) is 4.98 Å². The van der Waals surface area contributed by atoms with Crippen LogP contribution in [0.3, 0.4) is 0 Å². The zero-order valence-electron chi connectivity index (χ0n) is 4.66. The third kappa shape index (κ3) is 0.715. The predicted octanol–water partition coefficient (Wildman–Crippen LogP) is 2.10. The SMILES string of the molecule is [c]1cnc2ccsc2c1. The minimum Gasteiger partial charge on any atom is -0.255 e. The maximum Gasteiger partial charge on any atom is 0.0810 e. The average Bonchev–Trinajstić information content (AvgIpc) is 2.33. The van der Waals surface area contributed by atoms with Gasteiger partial charge in [-0.1, -0.05) is 0 Å². The summed E-state index contributed by atoms with van der Waals surface area (Å²) in [7, 11) is 0. The third-order valence-corrected chi connectivity index (χ3v) is 2.02. The van der Waals surface area contributed by atoms with E-state index < -0.39 is 0 Å². The van der Waals surface area contributed by atoms with Crippen molar-refractivity contribution in [2.24, 2.45) is 0 Å². The molecule has 1 nitrogen and oxygen atoms in total. The van der Waals surface area contributed by atoms with Crippen LogP contribution in [0.4, 0.5) is 0 Å². The molecule has 2 heterocycles. The molecule has 0 aliphatic rings. The van der Waals surface area contributed by atoms with Crippen LogP contribution in [0.15, 0.2) is 23.7 Å². The Kier molecular flexibility index (Phi) is 0.993. The first-order valence-corrected chi connectivity index (χ1v) is 3.54. The van der Waals surface area contributed by atoms with Crippen molar-refractivity contribution in [1.82, 2.24) is 4.98 Å². The summed E-state index contributed by atoms with van der Waals surface area (Å²) in [5.41, 5.74) is 1.07. The van der Waals surface area contributed by atoms with E-state index in [9.17, 15) is 0 Å². The molecule has 0 aliphatic heterocycles. The molecule has 0 aliphatic carbocycles. The Bertz CT molecular complexity index is 283. The number of thiophene rings is 1. The van der Waals surface area contributed by atoms with Crippen molar-refractivity contribution in [3.05, 3.63) is 29.8 Å². The molecule has 0 atom stereocenters. The van der Waals surface area contributed by atoms with Gasteiger partial charge in [0.1, 0.15) is 0 Å². The Morgan fingerprint density at radius 1 is 1.56 bits per heavy atom. The van der Waals surface area contributed by atoms with Crippen LogP contribution in [-0.2, 0) is 0 Å². The van der Waals surface area contributed by atoms with Gasteiger partial charge in [-0.15, -0.1) is 11.3 Å². The molecule has 2 aromatic heterocycles. The summed E-state index contributed by atoms with van der Waals surface area (Å²) >= 11 is 1.69. The third-order valence-electron chi connectivity index (χ3n) is 1.17. The molecule has 2 aromatic rings. The second kappa shape index (κ2) is 1.81. The van der Waals surface area contributed by atoms with E-state index in [4.69, 9.17) is 0 Å². The monoisotopic (exact) mass is 134 g/mol. The molecule has 0 saturated heterocycles. The highest BCUT2D eigenvalue weighted by Gasteiger charge is 1.89. The normalized spacial score (nSPS) is 10.2. The Morgan fingerprint density at radius 2 is 2.56 bits per heavy atom. The number of hydrogen-bond donors (Lipinski definition) is 0. The summed E-state index contributed by atoms with van der Waals surface area (Å²) in [6.07, 6.45) is 1.69. The van der Waals surface area contributed by atoms with Crippen molar-refractivity contribution in [1.29, 1.82) is 0 Å². The van der Waals surface area contributed by atoms with Gasteiger partial charge in [-0.2, -0.15) is 0 Å². The van der Waals surface area contributed by atoms with E-state index in [1.54, 1.807) is 17.5 Å². The van der Waals surface area contributed by atoms with Gasteiger partial charge in [-0.05, 0) is 17.5 Å². The van der Waals surface area contributed by atoms with E-state index >= 15 is 0 Å². The lowest BCUT2D eigenvalue weighted by molar-refractivity contribution is 1.42. The summed E-state index contributed by atoms with van der Waals surface area (Å²) in [6, 6.07) is 6.88. The van der Waals surface area contributed by atoms with Crippen molar-refractivity contribution in [3.63, 3.8) is 0 Å². The molecule has 0 unspecified atom stereocenters. The summed E-state index contributed by atoms with van der Waals surface area (Å²) in [5, 5.41) is 2.03. The van der Waals surface area contributed by atoms with Crippen LogP contribution in [0.1, 0.15) is 0 Å². The first-order valence-electron chi connectivity index (χ1n) is 2.66. The Morgan fingerprint density at radius 3 is 3.44 bits per heavy atom. The summed E-state index contributed by atoms with van der Waals surface area (Å²) in [5.74, 6) is 0. The highest BCUT2D eigenvalue weighted by atomic mass is 32.1. The summed E-state index contributed by atoms with van der Waals surface area (Å²) in [6.45, 7) is 0. The van der Waals surface area contributed by atoms with Crippen molar-refractivity contribution in [2.45, 2.75) is 0 Å². The fourth-order valence-corrected chi connectivity index (χ4v) is 1.47. The average molecular weight is 134 g/mol. The fraction of sp³-hybridized carbons (Fsp3) is 0. The predicted molar refractivity (Wildman–Crippen MR) is 38.5 cm³/mol. The number of hydrogen-bond acceptors (Lipinski definition) is 2. The molecular formula is C7H4NS. The van der Waals surface area contributed by atoms with E-state index in [1.165, 1.54) is 4.70 Å². The van der Waals surface area contributed by atoms with Gasteiger partial charge in [0, 0.05) is 12.3 Å². The highest BCUT2D eigenvalue weighted by molar-refractivity contribution is 7.17. The van der Waals surface area contributed by atoms with E-state index in [-0.39, 0.29) is 0 Å². The molecule has 0 saturated carbocycles. The maximum atomic E-state index is 4.10. The number of pyridine rings is 1. The van der Waals surface area contributed by atoms with Gasteiger partial charge in [0.15, 0.2) is 0 Å². The van der Waals surface area contributed by atoms with E-state index in [1.807, 2.05) is 17.5 Å². The summed E-state index contributed by atoms with van der Waals surface area (Å²) in [4.78, 5) is 4.10. The molecule has 2 rings (SSSR count). The van der Waals surface area contributed by atoms with Gasteiger partial charge in [0.2, 0.25) is 0 Å². The molecule has 0 amide bonds. The van der Waals surface area contributed by atoms with Crippen LogP contribution < -0.4 is 0 Å². The van der Waals surface area contributed by atoms with Crippen LogP contribution in [0.5, 0.6) is 0 Å². The van der Waals surface area contributed by atoms with Crippen molar-refractivity contribution < 1.29 is 0 Å². The quantitative estimate of drug-likeness (QED) is 0.537. The molecule has 0 bridgehead atoms. The largest absolute Gasteiger partial charge is 0.255 e. The summed E-state index contributed by atoms with van der Waals surface area (Å²) < 4.78 is 1.21. The second-order valence-corrected chi connectivity index (χ2v) is 2.69. The number of rotatable bonds is 0. The van der Waals surface area contributed by atoms with Crippen LogP contribution >= 0.6 is 11.3 Å². The molecule has 2 heteroatoms. The van der Waals surface area contributed by atoms with E-state index in [0.29, 0.717) is 0 Å². The lowest BCUT2D eigenvalue weighted by atomic mass is 10.4. The second-order valence-electron chi connectivity index (χ2n) is 1.74. The van der Waals surface area contributed by atoms with Crippen molar-refractivity contribution in [2.75, 3.05) is 0 Å². The minimum absolute atomic E-state index is 1.07. The van der Waals surface area contributed by atoms with Crippen molar-refractivity contribution in [3.8, 4) is 0 Å². The molecule has 0 spiro atoms. The van der Waals surface area contributed by atoms with Gasteiger partial charge < -0.3 is 0 Å². The minimum atomic E-state index is 1.07. The number of aromatic nitrogens is 1.